The highest BCUT2D eigenvalue weighted by Gasteiger charge is 2.30. The molecule has 0 radical (unpaired) electrons. The van der Waals surface area contributed by atoms with Crippen molar-refractivity contribution >= 4 is 5.91 Å². The Morgan fingerprint density at radius 2 is 2.06 bits per heavy atom. The maximum Gasteiger partial charge on any atom is 0.280 e. The van der Waals surface area contributed by atoms with Gasteiger partial charge in [-0.05, 0) is 36.5 Å². The minimum absolute atomic E-state index is 0.0464. The molecule has 1 fully saturated rings. The molecule has 17 heavy (non-hydrogen) atoms. The van der Waals surface area contributed by atoms with E-state index in [0.717, 1.165) is 30.0 Å². The molecule has 0 bridgehead atoms. The molecule has 1 saturated carbocycles. The molecule has 0 aliphatic heterocycles. The van der Waals surface area contributed by atoms with Gasteiger partial charge in [-0.1, -0.05) is 0 Å². The summed E-state index contributed by atoms with van der Waals surface area (Å²) >= 11 is 0. The van der Waals surface area contributed by atoms with Crippen molar-refractivity contribution in [2.45, 2.75) is 18.8 Å². The standard InChI is InChI=1S/C12H13F2NO2/c1-15(17-2)12(16)10-6-8(13)5-9(11(10)14)7-3-4-7/h5-7H,3-4H2,1-2H3. The Morgan fingerprint density at radius 3 is 2.59 bits per heavy atom. The average molecular weight is 241 g/mol. The zero-order valence-electron chi connectivity index (χ0n) is 9.67. The van der Waals surface area contributed by atoms with E-state index in [1.165, 1.54) is 14.2 Å². The number of hydroxylamine groups is 2. The maximum atomic E-state index is 14.0. The summed E-state index contributed by atoms with van der Waals surface area (Å²) in [4.78, 5) is 16.4. The summed E-state index contributed by atoms with van der Waals surface area (Å²) < 4.78 is 27.4. The minimum Gasteiger partial charge on any atom is -0.274 e. The van der Waals surface area contributed by atoms with Gasteiger partial charge in [0.25, 0.3) is 5.91 Å². The predicted molar refractivity (Wildman–Crippen MR) is 57.4 cm³/mol. The number of hydrogen-bond acceptors (Lipinski definition) is 2. The van der Waals surface area contributed by atoms with Crippen LogP contribution in [-0.4, -0.2) is 25.1 Å². The molecule has 1 aromatic rings. The lowest BCUT2D eigenvalue weighted by Gasteiger charge is -2.15. The maximum absolute atomic E-state index is 14.0. The summed E-state index contributed by atoms with van der Waals surface area (Å²) in [6.07, 6.45) is 1.68. The third-order valence-corrected chi connectivity index (χ3v) is 2.87. The number of hydrogen-bond donors (Lipinski definition) is 0. The first-order chi connectivity index (χ1) is 8.04. The van der Waals surface area contributed by atoms with Gasteiger partial charge in [-0.2, -0.15) is 0 Å². The lowest BCUT2D eigenvalue weighted by atomic mass is 10.0. The zero-order valence-corrected chi connectivity index (χ0v) is 9.67. The Hall–Kier alpha value is -1.49. The van der Waals surface area contributed by atoms with Gasteiger partial charge in [-0.3, -0.25) is 9.63 Å². The quantitative estimate of drug-likeness (QED) is 0.761. The third-order valence-electron chi connectivity index (χ3n) is 2.87. The number of carbonyl (C=O) groups is 1. The predicted octanol–water partition coefficient (Wildman–Crippen LogP) is 2.48. The first-order valence-corrected chi connectivity index (χ1v) is 5.35. The van der Waals surface area contributed by atoms with E-state index < -0.39 is 17.5 Å². The highest BCUT2D eigenvalue weighted by molar-refractivity contribution is 5.94. The molecule has 0 saturated heterocycles. The topological polar surface area (TPSA) is 29.5 Å². The van der Waals surface area contributed by atoms with Crippen LogP contribution in [0.15, 0.2) is 12.1 Å². The molecule has 5 heteroatoms. The van der Waals surface area contributed by atoms with Crippen molar-refractivity contribution in [1.29, 1.82) is 0 Å². The monoisotopic (exact) mass is 241 g/mol. The van der Waals surface area contributed by atoms with E-state index in [1.54, 1.807) is 0 Å². The summed E-state index contributed by atoms with van der Waals surface area (Å²) in [5.74, 6) is -1.87. The normalized spacial score (nSPS) is 14.8. The molecule has 0 heterocycles. The molecule has 0 atom stereocenters. The van der Waals surface area contributed by atoms with Crippen LogP contribution < -0.4 is 0 Å². The summed E-state index contributed by atoms with van der Waals surface area (Å²) in [5, 5.41) is 0.870. The van der Waals surface area contributed by atoms with E-state index in [1.807, 2.05) is 0 Å². The largest absolute Gasteiger partial charge is 0.280 e. The Bertz CT molecular complexity index is 458. The highest BCUT2D eigenvalue weighted by atomic mass is 19.1. The van der Waals surface area contributed by atoms with Crippen LogP contribution in [0.1, 0.15) is 34.7 Å². The van der Waals surface area contributed by atoms with Gasteiger partial charge in [0.2, 0.25) is 0 Å². The van der Waals surface area contributed by atoms with E-state index in [-0.39, 0.29) is 17.0 Å². The van der Waals surface area contributed by atoms with E-state index in [0.29, 0.717) is 0 Å². The smallest absolute Gasteiger partial charge is 0.274 e. The van der Waals surface area contributed by atoms with E-state index in [9.17, 15) is 13.6 Å². The molecular formula is C12H13F2NO2. The fraction of sp³-hybridized carbons (Fsp3) is 0.417. The van der Waals surface area contributed by atoms with E-state index in [4.69, 9.17) is 0 Å². The fourth-order valence-electron chi connectivity index (χ4n) is 1.71. The van der Waals surface area contributed by atoms with Gasteiger partial charge >= 0.3 is 0 Å². The zero-order chi connectivity index (χ0) is 12.6. The number of rotatable bonds is 3. The highest BCUT2D eigenvalue weighted by Crippen LogP contribution is 2.42. The van der Waals surface area contributed by atoms with Crippen molar-refractivity contribution in [2.75, 3.05) is 14.2 Å². The van der Waals surface area contributed by atoms with Crippen molar-refractivity contribution in [3.05, 3.63) is 34.9 Å². The average Bonchev–Trinajstić information content (AvgIpc) is 3.13. The van der Waals surface area contributed by atoms with Crippen LogP contribution in [0, 0.1) is 11.6 Å². The molecule has 0 aromatic heterocycles. The Kier molecular flexibility index (Phi) is 3.11. The first kappa shape index (κ1) is 12.0. The van der Waals surface area contributed by atoms with Gasteiger partial charge in [0, 0.05) is 7.05 Å². The molecule has 1 amide bonds. The molecule has 0 N–H and O–H groups in total. The molecule has 92 valence electrons. The van der Waals surface area contributed by atoms with Crippen LogP contribution in [0.2, 0.25) is 0 Å². The van der Waals surface area contributed by atoms with Crippen molar-refractivity contribution in [1.82, 2.24) is 5.06 Å². The SMILES string of the molecule is CON(C)C(=O)c1cc(F)cc(C2CC2)c1F. The minimum atomic E-state index is -0.689. The summed E-state index contributed by atoms with van der Waals surface area (Å²) in [7, 11) is 2.64. The van der Waals surface area contributed by atoms with Gasteiger partial charge in [0.05, 0.1) is 12.7 Å². The second kappa shape index (κ2) is 4.41. The molecule has 2 rings (SSSR count). The second-order valence-electron chi connectivity index (χ2n) is 4.12. The molecular weight excluding hydrogens is 228 g/mol. The van der Waals surface area contributed by atoms with Gasteiger partial charge < -0.3 is 0 Å². The van der Waals surface area contributed by atoms with Crippen molar-refractivity contribution in [3.8, 4) is 0 Å². The lowest BCUT2D eigenvalue weighted by molar-refractivity contribution is -0.0759. The molecule has 0 unspecified atom stereocenters. The molecule has 3 nitrogen and oxygen atoms in total. The van der Waals surface area contributed by atoms with Crippen LogP contribution in [0.3, 0.4) is 0 Å². The van der Waals surface area contributed by atoms with Crippen LogP contribution in [0.4, 0.5) is 8.78 Å². The van der Waals surface area contributed by atoms with E-state index in [2.05, 4.69) is 4.84 Å². The van der Waals surface area contributed by atoms with Crippen molar-refractivity contribution < 1.29 is 18.4 Å². The van der Waals surface area contributed by atoms with E-state index >= 15 is 0 Å². The van der Waals surface area contributed by atoms with Crippen LogP contribution >= 0.6 is 0 Å². The number of halogens is 2. The summed E-state index contributed by atoms with van der Waals surface area (Å²) in [6, 6.07) is 2.07. The lowest BCUT2D eigenvalue weighted by Crippen LogP contribution is -2.26. The van der Waals surface area contributed by atoms with Crippen LogP contribution in [-0.2, 0) is 4.84 Å². The fourth-order valence-corrected chi connectivity index (χ4v) is 1.71. The van der Waals surface area contributed by atoms with Crippen molar-refractivity contribution in [2.24, 2.45) is 0 Å². The van der Waals surface area contributed by atoms with Crippen LogP contribution in [0.25, 0.3) is 0 Å². The van der Waals surface area contributed by atoms with Gasteiger partial charge in [0.1, 0.15) is 11.6 Å². The molecule has 0 spiro atoms. The number of amides is 1. The molecule has 1 aliphatic carbocycles. The third kappa shape index (κ3) is 2.29. The Balaban J connectivity index is 2.42. The Morgan fingerprint density at radius 1 is 1.41 bits per heavy atom. The Labute approximate surface area is 97.9 Å². The molecule has 1 aliphatic rings. The summed E-state index contributed by atoms with van der Waals surface area (Å²) in [5.41, 5.74) is 0.00843. The number of benzene rings is 1. The van der Waals surface area contributed by atoms with Crippen molar-refractivity contribution in [3.63, 3.8) is 0 Å². The molecule has 1 aromatic carbocycles. The summed E-state index contributed by atoms with van der Waals surface area (Å²) in [6.45, 7) is 0. The van der Waals surface area contributed by atoms with Crippen LogP contribution in [0.5, 0.6) is 0 Å². The van der Waals surface area contributed by atoms with Gasteiger partial charge in [-0.25, -0.2) is 13.8 Å². The number of nitrogens with zero attached hydrogens (tertiary/aromatic N) is 1. The second-order valence-corrected chi connectivity index (χ2v) is 4.12. The first-order valence-electron chi connectivity index (χ1n) is 5.35. The van der Waals surface area contributed by atoms with Gasteiger partial charge in [0.15, 0.2) is 0 Å². The number of carbonyl (C=O) groups excluding carboxylic acids is 1. The van der Waals surface area contributed by atoms with Gasteiger partial charge in [-0.15, -0.1) is 0 Å².